The Morgan fingerprint density at radius 3 is 2.67 bits per heavy atom. The fraction of sp³-hybridized carbons (Fsp3) is 0.300. The van der Waals surface area contributed by atoms with Crippen molar-refractivity contribution in [1.29, 1.82) is 0 Å². The number of nitrogens with zero attached hydrogens (tertiary/aromatic N) is 1. The summed E-state index contributed by atoms with van der Waals surface area (Å²) in [4.78, 5) is 0. The Morgan fingerprint density at radius 1 is 1.42 bits per heavy atom. The van der Waals surface area contributed by atoms with Gasteiger partial charge in [-0.05, 0) is 25.0 Å². The largest absolute Gasteiger partial charge is 0.411 e. The third kappa shape index (κ3) is 2.09. The van der Waals surface area contributed by atoms with Crippen LogP contribution in [0.15, 0.2) is 29.4 Å². The summed E-state index contributed by atoms with van der Waals surface area (Å²) in [5, 5.41) is 11.6. The van der Waals surface area contributed by atoms with Gasteiger partial charge in [0.05, 0.1) is 5.71 Å². The fourth-order valence-corrected chi connectivity index (χ4v) is 1.12. The lowest BCUT2D eigenvalue weighted by atomic mass is 10.0. The van der Waals surface area contributed by atoms with E-state index in [0.29, 0.717) is 0 Å². The van der Waals surface area contributed by atoms with Crippen molar-refractivity contribution in [3.05, 3.63) is 35.4 Å². The molecule has 0 heterocycles. The average molecular weight is 163 g/mol. The predicted octanol–water partition coefficient (Wildman–Crippen LogP) is 2.39. The van der Waals surface area contributed by atoms with Crippen molar-refractivity contribution in [2.24, 2.45) is 5.16 Å². The zero-order chi connectivity index (χ0) is 8.97. The van der Waals surface area contributed by atoms with Crippen LogP contribution in [0.1, 0.15) is 18.1 Å². The van der Waals surface area contributed by atoms with Crippen molar-refractivity contribution in [1.82, 2.24) is 0 Å². The van der Waals surface area contributed by atoms with Crippen molar-refractivity contribution >= 4 is 5.71 Å². The van der Waals surface area contributed by atoms with E-state index in [0.717, 1.165) is 12.1 Å². The molecule has 0 aliphatic rings. The molecule has 0 aliphatic heterocycles. The highest BCUT2D eigenvalue weighted by Gasteiger charge is 1.98. The quantitative estimate of drug-likeness (QED) is 0.405. The van der Waals surface area contributed by atoms with Crippen molar-refractivity contribution in [3.8, 4) is 0 Å². The standard InChI is InChI=1S/C10H13NO/c1-8-5-3-4-6-10(8)7-9(2)11-12/h3-6,12H,7H2,1-2H3/b11-9-. The van der Waals surface area contributed by atoms with Crippen LogP contribution in [0, 0.1) is 6.92 Å². The zero-order valence-corrected chi connectivity index (χ0v) is 7.41. The van der Waals surface area contributed by atoms with Gasteiger partial charge in [-0.3, -0.25) is 0 Å². The van der Waals surface area contributed by atoms with E-state index in [1.165, 1.54) is 11.1 Å². The molecule has 1 N–H and O–H groups in total. The lowest BCUT2D eigenvalue weighted by molar-refractivity contribution is 0.317. The molecule has 0 radical (unpaired) electrons. The van der Waals surface area contributed by atoms with E-state index in [1.54, 1.807) is 0 Å². The van der Waals surface area contributed by atoms with Gasteiger partial charge >= 0.3 is 0 Å². The molecule has 0 saturated heterocycles. The van der Waals surface area contributed by atoms with E-state index in [4.69, 9.17) is 5.21 Å². The summed E-state index contributed by atoms with van der Waals surface area (Å²) in [6.07, 6.45) is 0.725. The van der Waals surface area contributed by atoms with Gasteiger partial charge in [0.15, 0.2) is 0 Å². The molecule has 1 rings (SSSR count). The molecule has 0 atom stereocenters. The molecule has 0 aromatic heterocycles. The SMILES string of the molecule is C/C(Cc1ccccc1C)=N/O. The van der Waals surface area contributed by atoms with Crippen LogP contribution in [0.25, 0.3) is 0 Å². The number of benzene rings is 1. The van der Waals surface area contributed by atoms with Gasteiger partial charge < -0.3 is 5.21 Å². The molecular weight excluding hydrogens is 150 g/mol. The maximum absolute atomic E-state index is 8.47. The number of oxime groups is 1. The second-order valence-corrected chi connectivity index (χ2v) is 2.94. The van der Waals surface area contributed by atoms with Crippen molar-refractivity contribution in [2.45, 2.75) is 20.3 Å². The number of hydrogen-bond donors (Lipinski definition) is 1. The summed E-state index contributed by atoms with van der Waals surface area (Å²) in [7, 11) is 0. The lowest BCUT2D eigenvalue weighted by Gasteiger charge is -2.02. The monoisotopic (exact) mass is 163 g/mol. The summed E-state index contributed by atoms with van der Waals surface area (Å²) >= 11 is 0. The van der Waals surface area contributed by atoms with E-state index in [9.17, 15) is 0 Å². The van der Waals surface area contributed by atoms with Crippen LogP contribution in [-0.2, 0) is 6.42 Å². The Balaban J connectivity index is 2.82. The average Bonchev–Trinajstić information content (AvgIpc) is 2.09. The maximum atomic E-state index is 8.47. The molecule has 0 unspecified atom stereocenters. The van der Waals surface area contributed by atoms with E-state index in [1.807, 2.05) is 25.1 Å². The molecule has 1 aromatic carbocycles. The Morgan fingerprint density at radius 2 is 2.08 bits per heavy atom. The Bertz CT molecular complexity index is 292. The lowest BCUT2D eigenvalue weighted by Crippen LogP contribution is -1.98. The van der Waals surface area contributed by atoms with Crippen LogP contribution in [0.3, 0.4) is 0 Å². The highest BCUT2D eigenvalue weighted by molar-refractivity contribution is 5.83. The van der Waals surface area contributed by atoms with E-state index >= 15 is 0 Å². The van der Waals surface area contributed by atoms with E-state index in [2.05, 4.69) is 18.1 Å². The van der Waals surface area contributed by atoms with Gasteiger partial charge in [-0.1, -0.05) is 29.4 Å². The van der Waals surface area contributed by atoms with Crippen molar-refractivity contribution in [3.63, 3.8) is 0 Å². The van der Waals surface area contributed by atoms with Crippen LogP contribution in [0.2, 0.25) is 0 Å². The molecule has 2 nitrogen and oxygen atoms in total. The highest BCUT2D eigenvalue weighted by atomic mass is 16.4. The minimum Gasteiger partial charge on any atom is -0.411 e. The zero-order valence-electron chi connectivity index (χ0n) is 7.41. The minimum absolute atomic E-state index is 0.725. The van der Waals surface area contributed by atoms with Crippen LogP contribution < -0.4 is 0 Å². The maximum Gasteiger partial charge on any atom is 0.0583 e. The van der Waals surface area contributed by atoms with Gasteiger partial charge in [0.25, 0.3) is 0 Å². The second-order valence-electron chi connectivity index (χ2n) is 2.94. The Labute approximate surface area is 72.5 Å². The molecule has 0 saturated carbocycles. The van der Waals surface area contributed by atoms with Crippen LogP contribution in [0.5, 0.6) is 0 Å². The molecular formula is C10H13NO. The molecule has 0 aliphatic carbocycles. The van der Waals surface area contributed by atoms with Gasteiger partial charge in [-0.15, -0.1) is 0 Å². The van der Waals surface area contributed by atoms with Gasteiger partial charge in [0, 0.05) is 6.42 Å². The molecule has 2 heteroatoms. The Kier molecular flexibility index (Phi) is 2.86. The second kappa shape index (κ2) is 3.90. The summed E-state index contributed by atoms with van der Waals surface area (Å²) in [6, 6.07) is 8.10. The van der Waals surface area contributed by atoms with Gasteiger partial charge in [-0.25, -0.2) is 0 Å². The first-order valence-electron chi connectivity index (χ1n) is 3.96. The molecule has 1 aromatic rings. The van der Waals surface area contributed by atoms with Gasteiger partial charge in [0.1, 0.15) is 0 Å². The van der Waals surface area contributed by atoms with Crippen LogP contribution in [0.4, 0.5) is 0 Å². The smallest absolute Gasteiger partial charge is 0.0583 e. The van der Waals surface area contributed by atoms with Crippen LogP contribution in [-0.4, -0.2) is 10.9 Å². The molecule has 12 heavy (non-hydrogen) atoms. The van der Waals surface area contributed by atoms with Crippen molar-refractivity contribution in [2.75, 3.05) is 0 Å². The number of hydrogen-bond acceptors (Lipinski definition) is 2. The normalized spacial score (nSPS) is 11.7. The van der Waals surface area contributed by atoms with Gasteiger partial charge in [0.2, 0.25) is 0 Å². The highest BCUT2D eigenvalue weighted by Crippen LogP contribution is 2.07. The first-order chi connectivity index (χ1) is 5.74. The summed E-state index contributed by atoms with van der Waals surface area (Å²) in [6.45, 7) is 3.87. The third-order valence-electron chi connectivity index (χ3n) is 1.88. The summed E-state index contributed by atoms with van der Waals surface area (Å²) < 4.78 is 0. The molecule has 0 fully saturated rings. The number of rotatable bonds is 2. The Hall–Kier alpha value is -1.31. The predicted molar refractivity (Wildman–Crippen MR) is 49.8 cm³/mol. The topological polar surface area (TPSA) is 32.6 Å². The van der Waals surface area contributed by atoms with Gasteiger partial charge in [-0.2, -0.15) is 0 Å². The molecule has 0 bridgehead atoms. The number of aryl methyl sites for hydroxylation is 1. The molecule has 0 amide bonds. The summed E-state index contributed by atoms with van der Waals surface area (Å²) in [5.41, 5.74) is 3.19. The van der Waals surface area contributed by atoms with Crippen LogP contribution >= 0.6 is 0 Å². The van der Waals surface area contributed by atoms with E-state index < -0.39 is 0 Å². The first-order valence-corrected chi connectivity index (χ1v) is 3.96. The third-order valence-corrected chi connectivity index (χ3v) is 1.88. The fourth-order valence-electron chi connectivity index (χ4n) is 1.12. The van der Waals surface area contributed by atoms with E-state index in [-0.39, 0.29) is 0 Å². The summed E-state index contributed by atoms with van der Waals surface area (Å²) in [5.74, 6) is 0. The first kappa shape index (κ1) is 8.78. The molecule has 0 spiro atoms. The van der Waals surface area contributed by atoms with Crippen molar-refractivity contribution < 1.29 is 5.21 Å². The minimum atomic E-state index is 0.725. The molecule has 64 valence electrons.